The average Bonchev–Trinajstić information content (AvgIpc) is 3.66. The zero-order chi connectivity index (χ0) is 30.4. The molecule has 1 unspecified atom stereocenters. The summed E-state index contributed by atoms with van der Waals surface area (Å²) in [5.74, 6) is -7.38. The van der Waals surface area contributed by atoms with Crippen molar-refractivity contribution in [2.24, 2.45) is 0 Å². The Morgan fingerprint density at radius 2 is 1.77 bits per heavy atom. The molecule has 1 aromatic carbocycles. The van der Waals surface area contributed by atoms with Crippen molar-refractivity contribution in [2.45, 2.75) is 56.0 Å². The van der Waals surface area contributed by atoms with Crippen molar-refractivity contribution in [3.05, 3.63) is 45.8 Å². The molecule has 1 aliphatic carbocycles. The number of halogens is 7. The summed E-state index contributed by atoms with van der Waals surface area (Å²) in [6, 6.07) is 2.87. The van der Waals surface area contributed by atoms with Crippen LogP contribution in [0.5, 0.6) is 17.4 Å². The van der Waals surface area contributed by atoms with E-state index in [0.29, 0.717) is 12.8 Å². The Kier molecular flexibility index (Phi) is 9.20. The second kappa shape index (κ2) is 11.3. The van der Waals surface area contributed by atoms with Crippen LogP contribution in [0.1, 0.15) is 44.0 Å². The maximum atomic E-state index is 15.3. The van der Waals surface area contributed by atoms with Gasteiger partial charge in [0.1, 0.15) is 32.3 Å². The van der Waals surface area contributed by atoms with Crippen LogP contribution in [0.3, 0.4) is 0 Å². The van der Waals surface area contributed by atoms with Crippen LogP contribution in [-0.2, 0) is 9.92 Å². The fourth-order valence-corrected chi connectivity index (χ4v) is 9.24. The third-order valence-corrected chi connectivity index (χ3v) is 14.7. The van der Waals surface area contributed by atoms with Gasteiger partial charge in [-0.3, -0.25) is 4.79 Å². The van der Waals surface area contributed by atoms with E-state index in [1.807, 2.05) is 20.8 Å². The second-order valence-electron chi connectivity index (χ2n) is 10.4. The summed E-state index contributed by atoms with van der Waals surface area (Å²) in [7, 11) is -5.78. The minimum absolute atomic E-state index is 0.138. The molecule has 224 valence electrons. The van der Waals surface area contributed by atoms with E-state index in [1.54, 1.807) is 12.5 Å². The van der Waals surface area contributed by atoms with Crippen LogP contribution in [-0.4, -0.2) is 60.3 Å². The fraction of sp³-hybridized carbons (Fsp3) is 0.500. The molecule has 1 aromatic heterocycles. The Morgan fingerprint density at radius 1 is 1.18 bits per heavy atom. The van der Waals surface area contributed by atoms with Crippen molar-refractivity contribution in [2.75, 3.05) is 19.1 Å². The van der Waals surface area contributed by atoms with E-state index in [-0.39, 0.29) is 21.5 Å². The van der Waals surface area contributed by atoms with Gasteiger partial charge in [-0.25, -0.2) is 30.9 Å². The van der Waals surface area contributed by atoms with Crippen LogP contribution in [0.2, 0.25) is 10.0 Å². The van der Waals surface area contributed by atoms with Gasteiger partial charge in [-0.05, 0) is 31.4 Å². The predicted molar refractivity (Wildman–Crippen MR) is 146 cm³/mol. The van der Waals surface area contributed by atoms with Gasteiger partial charge in [-0.1, -0.05) is 44.0 Å². The van der Waals surface area contributed by atoms with E-state index in [1.165, 1.54) is 0 Å². The molecular weight excluding hydrogens is 624 g/mol. The highest BCUT2D eigenvalue weighted by Gasteiger charge is 2.48. The van der Waals surface area contributed by atoms with E-state index in [2.05, 4.69) is 9.72 Å². The summed E-state index contributed by atoms with van der Waals surface area (Å²) in [6.45, 7) is 3.89. The van der Waals surface area contributed by atoms with Crippen LogP contribution >= 0.6 is 33.4 Å². The van der Waals surface area contributed by atoms with Crippen molar-refractivity contribution in [3.8, 4) is 17.4 Å². The first-order chi connectivity index (χ1) is 18.2. The number of carbonyl (C=O) groups excluding carboxylic acids is 1. The first kappa shape index (κ1) is 32.5. The molecule has 1 amide bonds. The summed E-state index contributed by atoms with van der Waals surface area (Å²) >= 11 is 12.2. The highest BCUT2D eigenvalue weighted by atomic mass is 35.5. The van der Waals surface area contributed by atoms with Gasteiger partial charge < -0.3 is 9.47 Å². The van der Waals surface area contributed by atoms with Crippen molar-refractivity contribution >= 4 is 49.2 Å². The van der Waals surface area contributed by atoms with Crippen molar-refractivity contribution in [1.82, 2.24) is 8.69 Å². The number of hydrogen-bond acceptors (Lipinski definition) is 6. The van der Waals surface area contributed by atoms with Crippen molar-refractivity contribution in [1.29, 1.82) is 4.78 Å². The summed E-state index contributed by atoms with van der Waals surface area (Å²) < 4.78 is 98.9. The van der Waals surface area contributed by atoms with Gasteiger partial charge in [0.05, 0.1) is 22.0 Å². The molecule has 2 aromatic rings. The fourth-order valence-electron chi connectivity index (χ4n) is 3.17. The maximum absolute atomic E-state index is 15.3. The number of benzene rings is 1. The van der Waals surface area contributed by atoms with Crippen LogP contribution in [0, 0.1) is 10.6 Å². The van der Waals surface area contributed by atoms with Gasteiger partial charge >= 0.3 is 12.3 Å². The molecule has 16 heteroatoms. The lowest BCUT2D eigenvalue weighted by molar-refractivity contribution is -0.148. The number of amides is 1. The third kappa shape index (κ3) is 6.71. The first-order valence-electron chi connectivity index (χ1n) is 11.7. The number of ether oxygens (including phenoxy) is 2. The normalized spacial score (nSPS) is 16.4. The Hall–Kier alpha value is -2.03. The predicted octanol–water partition coefficient (Wildman–Crippen LogP) is 7.94. The van der Waals surface area contributed by atoms with Gasteiger partial charge in [0.2, 0.25) is 5.88 Å². The maximum Gasteiger partial charge on any atom is 0.340 e. The number of aromatic nitrogens is 1. The largest absolute Gasteiger partial charge is 0.470 e. The molecule has 3 rings (SSSR count). The lowest BCUT2D eigenvalue weighted by atomic mass is 10.2. The van der Waals surface area contributed by atoms with Crippen LogP contribution in [0.15, 0.2) is 24.4 Å². The molecule has 7 nitrogen and oxygen atoms in total. The summed E-state index contributed by atoms with van der Waals surface area (Å²) in [5, 5.41) is -1.08. The third-order valence-electron chi connectivity index (χ3n) is 6.28. The van der Waals surface area contributed by atoms with Crippen LogP contribution < -0.4 is 9.47 Å². The second-order valence-corrected chi connectivity index (χ2v) is 17.7. The van der Waals surface area contributed by atoms with Gasteiger partial charge in [0, 0.05) is 16.9 Å². The summed E-state index contributed by atoms with van der Waals surface area (Å²) in [5.41, 5.74) is -0.498. The average molecular weight is 653 g/mol. The molecule has 1 fully saturated rings. The Bertz CT molecular complexity index is 1400. The van der Waals surface area contributed by atoms with E-state index in [9.17, 15) is 26.6 Å². The minimum atomic E-state index is -4.42. The summed E-state index contributed by atoms with van der Waals surface area (Å²) in [4.78, 5) is 17.3. The molecule has 0 radical (unpaired) electrons. The summed E-state index contributed by atoms with van der Waals surface area (Å²) in [6.07, 6.45) is 1.55. The zero-order valence-corrected chi connectivity index (χ0v) is 25.2. The van der Waals surface area contributed by atoms with Crippen LogP contribution in [0.4, 0.5) is 22.0 Å². The molecule has 0 bridgehead atoms. The van der Waals surface area contributed by atoms with Gasteiger partial charge in [-0.15, -0.1) is 0 Å². The SMILES string of the molecule is CC(C)(C)S(C)(C)N(C(=O)c1cc(Cl)c(Oc2cnc(OCC(F)(F)C(F)F)c(Cl)c2)cc1F)S(=N)(=O)C1CC1. The van der Waals surface area contributed by atoms with Gasteiger partial charge in [0.15, 0.2) is 6.61 Å². The topological polar surface area (TPSA) is 92.6 Å². The van der Waals surface area contributed by atoms with Crippen LogP contribution in [0.25, 0.3) is 0 Å². The molecule has 1 N–H and O–H groups in total. The molecular formula is C24H28Cl2F5N3O4S2. The van der Waals surface area contributed by atoms with Gasteiger partial charge in [0.25, 0.3) is 5.91 Å². The van der Waals surface area contributed by atoms with Crippen molar-refractivity contribution in [3.63, 3.8) is 0 Å². The molecule has 1 atom stereocenters. The number of pyridine rings is 1. The molecule has 1 aliphatic rings. The molecule has 1 saturated carbocycles. The van der Waals surface area contributed by atoms with Crippen molar-refractivity contribution < 1.29 is 40.4 Å². The molecule has 40 heavy (non-hydrogen) atoms. The van der Waals surface area contributed by atoms with E-state index in [0.717, 1.165) is 28.1 Å². The minimum Gasteiger partial charge on any atom is -0.470 e. The highest BCUT2D eigenvalue weighted by Crippen LogP contribution is 2.59. The van der Waals surface area contributed by atoms with Gasteiger partial charge in [-0.2, -0.15) is 19.0 Å². The Labute approximate surface area is 240 Å². The number of nitrogens with one attached hydrogen (secondary N) is 1. The Morgan fingerprint density at radius 3 is 2.27 bits per heavy atom. The zero-order valence-electron chi connectivity index (χ0n) is 22.1. The molecule has 0 aliphatic heterocycles. The molecule has 0 saturated heterocycles. The lowest BCUT2D eigenvalue weighted by Gasteiger charge is -2.52. The van der Waals surface area contributed by atoms with E-state index < -0.39 is 72.2 Å². The molecule has 1 heterocycles. The number of carbonyl (C=O) groups is 1. The quantitative estimate of drug-likeness (QED) is 0.263. The lowest BCUT2D eigenvalue weighted by Crippen LogP contribution is -2.46. The van der Waals surface area contributed by atoms with E-state index >= 15 is 4.39 Å². The standard InChI is InChI=1S/C24H28Cl2F5N3O4S2/c1-23(2,3)39(4,5)34(40(32,36)14-6-7-14)21(35)15-9-16(25)19(10-18(15)27)38-13-8-17(26)20(33-11-13)37-12-24(30,31)22(28)29/h8-11,14,22,32H,6-7,12H2,1-5H3. The monoisotopic (exact) mass is 651 g/mol. The molecule has 0 spiro atoms. The smallest absolute Gasteiger partial charge is 0.340 e. The number of rotatable bonds is 10. The number of alkyl halides is 4. The Balaban J connectivity index is 1.89. The highest BCUT2D eigenvalue weighted by molar-refractivity contribution is 8.36. The number of nitrogens with zero attached hydrogens (tertiary/aromatic N) is 2. The first-order valence-corrected chi connectivity index (χ1v) is 16.4. The van der Waals surface area contributed by atoms with E-state index in [4.69, 9.17) is 32.7 Å². The number of hydrogen-bond donors (Lipinski definition) is 1.